The zero-order valence-electron chi connectivity index (χ0n) is 13.9. The van der Waals surface area contributed by atoms with E-state index in [0.717, 1.165) is 5.56 Å². The molecule has 0 bridgehead atoms. The van der Waals surface area contributed by atoms with Crippen LogP contribution in [0.4, 0.5) is 13.2 Å². The first-order valence-electron chi connectivity index (χ1n) is 7.64. The Kier molecular flexibility index (Phi) is 4.50. The van der Waals surface area contributed by atoms with Crippen LogP contribution in [0.2, 0.25) is 0 Å². The highest BCUT2D eigenvalue weighted by Crippen LogP contribution is 2.24. The Morgan fingerprint density at radius 2 is 1.65 bits per heavy atom. The van der Waals surface area contributed by atoms with Crippen LogP contribution >= 0.6 is 0 Å². The predicted octanol–water partition coefficient (Wildman–Crippen LogP) is 4.34. The van der Waals surface area contributed by atoms with Crippen molar-refractivity contribution < 1.29 is 22.7 Å². The molecule has 1 heterocycles. The fourth-order valence-corrected chi connectivity index (χ4v) is 2.40. The van der Waals surface area contributed by atoms with E-state index >= 15 is 0 Å². The number of Topliss-reactive ketones (excluding diaryl/α,β-unsaturated/α-hetero) is 1. The molecule has 3 aromatic rings. The summed E-state index contributed by atoms with van der Waals surface area (Å²) in [6.45, 7) is 3.22. The van der Waals surface area contributed by atoms with Gasteiger partial charge in [-0.3, -0.25) is 4.79 Å². The molecule has 134 valence electrons. The van der Waals surface area contributed by atoms with Crippen molar-refractivity contribution in [1.29, 1.82) is 0 Å². The van der Waals surface area contributed by atoms with E-state index in [2.05, 4.69) is 14.8 Å². The SMILES string of the molecule is CC(=O)c1ccc(-c2nc(C)n(-c3ccc(OC(F)(F)F)cc3)n2)cc1. The number of aromatic nitrogens is 3. The van der Waals surface area contributed by atoms with Crippen LogP contribution in [0.25, 0.3) is 17.1 Å². The van der Waals surface area contributed by atoms with E-state index < -0.39 is 6.36 Å². The second-order valence-corrected chi connectivity index (χ2v) is 5.57. The summed E-state index contributed by atoms with van der Waals surface area (Å²) in [5, 5.41) is 4.39. The summed E-state index contributed by atoms with van der Waals surface area (Å²) in [5.41, 5.74) is 1.87. The fourth-order valence-electron chi connectivity index (χ4n) is 2.40. The lowest BCUT2D eigenvalue weighted by Gasteiger charge is -2.09. The molecule has 0 saturated carbocycles. The van der Waals surface area contributed by atoms with E-state index in [1.54, 1.807) is 31.2 Å². The average molecular weight is 361 g/mol. The number of carbonyl (C=O) groups excluding carboxylic acids is 1. The largest absolute Gasteiger partial charge is 0.573 e. The van der Waals surface area contributed by atoms with E-state index in [9.17, 15) is 18.0 Å². The first kappa shape index (κ1) is 17.7. The number of rotatable bonds is 4. The Hall–Kier alpha value is -3.16. The van der Waals surface area contributed by atoms with Gasteiger partial charge in [0.1, 0.15) is 11.6 Å². The molecular weight excluding hydrogens is 347 g/mol. The molecule has 0 atom stereocenters. The van der Waals surface area contributed by atoms with Gasteiger partial charge in [0.15, 0.2) is 11.6 Å². The first-order valence-corrected chi connectivity index (χ1v) is 7.64. The van der Waals surface area contributed by atoms with Crippen molar-refractivity contribution >= 4 is 5.78 Å². The highest BCUT2D eigenvalue weighted by atomic mass is 19.4. The maximum atomic E-state index is 12.2. The molecule has 1 aromatic heterocycles. The molecule has 0 unspecified atom stereocenters. The molecule has 3 rings (SSSR count). The maximum Gasteiger partial charge on any atom is 0.573 e. The van der Waals surface area contributed by atoms with Gasteiger partial charge in [0.05, 0.1) is 5.69 Å². The molecule has 26 heavy (non-hydrogen) atoms. The zero-order chi connectivity index (χ0) is 18.9. The summed E-state index contributed by atoms with van der Waals surface area (Å²) >= 11 is 0. The van der Waals surface area contributed by atoms with Crippen LogP contribution in [0.1, 0.15) is 23.1 Å². The van der Waals surface area contributed by atoms with Crippen LogP contribution in [-0.4, -0.2) is 26.9 Å². The monoisotopic (exact) mass is 361 g/mol. The quantitative estimate of drug-likeness (QED) is 0.649. The first-order chi connectivity index (χ1) is 12.2. The molecule has 8 heteroatoms. The number of ether oxygens (including phenoxy) is 1. The van der Waals surface area contributed by atoms with Crippen molar-refractivity contribution in [2.24, 2.45) is 0 Å². The number of alkyl halides is 3. The van der Waals surface area contributed by atoms with Gasteiger partial charge in [-0.2, -0.15) is 0 Å². The molecular formula is C18H14F3N3O2. The number of ketones is 1. The van der Waals surface area contributed by atoms with Gasteiger partial charge in [-0.25, -0.2) is 9.67 Å². The Morgan fingerprint density at radius 1 is 1.04 bits per heavy atom. The number of hydrogen-bond acceptors (Lipinski definition) is 4. The summed E-state index contributed by atoms with van der Waals surface area (Å²) in [7, 11) is 0. The lowest BCUT2D eigenvalue weighted by atomic mass is 10.1. The smallest absolute Gasteiger partial charge is 0.406 e. The number of aryl methyl sites for hydroxylation is 1. The molecule has 0 amide bonds. The third-order valence-electron chi connectivity index (χ3n) is 3.63. The fraction of sp³-hybridized carbons (Fsp3) is 0.167. The number of hydrogen-bond donors (Lipinski definition) is 0. The molecule has 2 aromatic carbocycles. The third-order valence-corrected chi connectivity index (χ3v) is 3.63. The zero-order valence-corrected chi connectivity index (χ0v) is 13.9. The highest BCUT2D eigenvalue weighted by molar-refractivity contribution is 5.94. The van der Waals surface area contributed by atoms with Gasteiger partial charge in [0.2, 0.25) is 0 Å². The summed E-state index contributed by atoms with van der Waals surface area (Å²) in [5.74, 6) is 0.680. The van der Waals surface area contributed by atoms with E-state index in [4.69, 9.17) is 0 Å². The Labute approximate surface area is 147 Å². The van der Waals surface area contributed by atoms with Crippen molar-refractivity contribution in [2.75, 3.05) is 0 Å². The van der Waals surface area contributed by atoms with Gasteiger partial charge in [0, 0.05) is 11.1 Å². The third kappa shape index (κ3) is 3.90. The maximum absolute atomic E-state index is 12.2. The van der Waals surface area contributed by atoms with Crippen molar-refractivity contribution in [3.8, 4) is 22.8 Å². The normalized spacial score (nSPS) is 11.4. The Morgan fingerprint density at radius 3 is 2.19 bits per heavy atom. The van der Waals surface area contributed by atoms with Gasteiger partial charge in [-0.1, -0.05) is 24.3 Å². The standard InChI is InChI=1S/C18H14F3N3O2/c1-11(25)13-3-5-14(6-4-13)17-22-12(2)24(23-17)15-7-9-16(10-8-15)26-18(19,20)21/h3-10H,1-2H3. The highest BCUT2D eigenvalue weighted by Gasteiger charge is 2.31. The second-order valence-electron chi connectivity index (χ2n) is 5.57. The van der Waals surface area contributed by atoms with E-state index in [0.29, 0.717) is 22.9 Å². The summed E-state index contributed by atoms with van der Waals surface area (Å²) in [4.78, 5) is 15.7. The predicted molar refractivity (Wildman–Crippen MR) is 88.2 cm³/mol. The van der Waals surface area contributed by atoms with Gasteiger partial charge < -0.3 is 4.74 Å². The van der Waals surface area contributed by atoms with Gasteiger partial charge in [-0.15, -0.1) is 18.3 Å². The molecule has 5 nitrogen and oxygen atoms in total. The molecule has 0 aliphatic heterocycles. The van der Waals surface area contributed by atoms with Crippen LogP contribution < -0.4 is 4.74 Å². The van der Waals surface area contributed by atoms with Crippen molar-refractivity contribution in [1.82, 2.24) is 14.8 Å². The van der Waals surface area contributed by atoms with Crippen LogP contribution in [0.5, 0.6) is 5.75 Å². The van der Waals surface area contributed by atoms with E-state index in [1.165, 1.54) is 35.9 Å². The molecule has 0 aliphatic carbocycles. The number of carbonyl (C=O) groups is 1. The Balaban J connectivity index is 1.87. The lowest BCUT2D eigenvalue weighted by Crippen LogP contribution is -2.17. The molecule has 0 N–H and O–H groups in total. The minimum Gasteiger partial charge on any atom is -0.406 e. The summed E-state index contributed by atoms with van der Waals surface area (Å²) in [6.07, 6.45) is -4.73. The van der Waals surface area contributed by atoms with Crippen LogP contribution in [-0.2, 0) is 0 Å². The van der Waals surface area contributed by atoms with Crippen LogP contribution in [0.3, 0.4) is 0 Å². The van der Waals surface area contributed by atoms with Crippen molar-refractivity contribution in [3.05, 3.63) is 59.9 Å². The molecule has 0 saturated heterocycles. The van der Waals surface area contributed by atoms with Crippen molar-refractivity contribution in [2.45, 2.75) is 20.2 Å². The minimum absolute atomic E-state index is 0.0348. The van der Waals surface area contributed by atoms with Crippen molar-refractivity contribution in [3.63, 3.8) is 0 Å². The number of benzene rings is 2. The van der Waals surface area contributed by atoms with Crippen LogP contribution in [0, 0.1) is 6.92 Å². The molecule has 0 radical (unpaired) electrons. The topological polar surface area (TPSA) is 57.0 Å². The molecule has 0 aliphatic rings. The van der Waals surface area contributed by atoms with Gasteiger partial charge >= 0.3 is 6.36 Å². The second kappa shape index (κ2) is 6.62. The Bertz CT molecular complexity index is 930. The summed E-state index contributed by atoms with van der Waals surface area (Å²) in [6, 6.07) is 12.2. The number of halogens is 3. The molecule has 0 fully saturated rings. The minimum atomic E-state index is -4.73. The summed E-state index contributed by atoms with van der Waals surface area (Å²) < 4.78 is 42.1. The van der Waals surface area contributed by atoms with Crippen LogP contribution in [0.15, 0.2) is 48.5 Å². The lowest BCUT2D eigenvalue weighted by molar-refractivity contribution is -0.274. The van der Waals surface area contributed by atoms with E-state index in [-0.39, 0.29) is 11.5 Å². The molecule has 0 spiro atoms. The average Bonchev–Trinajstić information content (AvgIpc) is 2.96. The van der Waals surface area contributed by atoms with Gasteiger partial charge in [-0.05, 0) is 38.1 Å². The van der Waals surface area contributed by atoms with E-state index in [1.807, 2.05) is 0 Å². The van der Waals surface area contributed by atoms with Gasteiger partial charge in [0.25, 0.3) is 0 Å². The number of nitrogens with zero attached hydrogens (tertiary/aromatic N) is 3.